The molecule has 1 aromatic carbocycles. The second kappa shape index (κ2) is 7.25. The van der Waals surface area contributed by atoms with Crippen LogP contribution in [0, 0.1) is 5.82 Å². The average Bonchev–Trinajstić information content (AvgIpc) is 2.28. The van der Waals surface area contributed by atoms with Gasteiger partial charge in [-0.15, -0.1) is 12.4 Å². The molecular weight excluding hydrogens is 243 g/mol. The van der Waals surface area contributed by atoms with Crippen LogP contribution in [0.25, 0.3) is 0 Å². The molecule has 1 aromatic rings. The first-order valence-electron chi connectivity index (χ1n) is 5.22. The van der Waals surface area contributed by atoms with Crippen LogP contribution in [0.4, 0.5) is 4.39 Å². The van der Waals surface area contributed by atoms with Gasteiger partial charge in [0.05, 0.1) is 12.6 Å². The summed E-state index contributed by atoms with van der Waals surface area (Å²) in [7, 11) is 3.47. The van der Waals surface area contributed by atoms with Gasteiger partial charge in [-0.25, -0.2) is 4.39 Å². The molecule has 0 heterocycles. The molecule has 0 bridgehead atoms. The minimum Gasteiger partial charge on any atom is -0.338 e. The molecule has 0 aliphatic rings. The molecule has 1 atom stereocenters. The van der Waals surface area contributed by atoms with Gasteiger partial charge in [-0.05, 0) is 31.7 Å². The van der Waals surface area contributed by atoms with E-state index < -0.39 is 0 Å². The first-order valence-corrected chi connectivity index (χ1v) is 5.22. The van der Waals surface area contributed by atoms with Gasteiger partial charge >= 0.3 is 0 Å². The van der Waals surface area contributed by atoms with Crippen LogP contribution >= 0.6 is 12.4 Å². The Kier molecular flexibility index (Phi) is 6.76. The number of carbonyl (C=O) groups excluding carboxylic acids is 1. The van der Waals surface area contributed by atoms with E-state index in [1.54, 1.807) is 31.1 Å². The maximum absolute atomic E-state index is 12.7. The smallest absolute Gasteiger partial charge is 0.236 e. The van der Waals surface area contributed by atoms with Gasteiger partial charge in [0, 0.05) is 7.05 Å². The second-order valence-electron chi connectivity index (χ2n) is 3.76. The van der Waals surface area contributed by atoms with E-state index >= 15 is 0 Å². The quantitative estimate of drug-likeness (QED) is 0.898. The first-order chi connectivity index (χ1) is 7.56. The minimum absolute atomic E-state index is 0. The Morgan fingerprint density at radius 2 is 1.94 bits per heavy atom. The van der Waals surface area contributed by atoms with E-state index in [1.165, 1.54) is 12.1 Å². The fourth-order valence-corrected chi connectivity index (χ4v) is 1.46. The van der Waals surface area contributed by atoms with Crippen molar-refractivity contribution < 1.29 is 9.18 Å². The van der Waals surface area contributed by atoms with E-state index in [4.69, 9.17) is 0 Å². The molecule has 1 amide bonds. The number of hydrogen-bond donors (Lipinski definition) is 1. The molecule has 1 rings (SSSR count). The zero-order valence-electron chi connectivity index (χ0n) is 10.2. The number of carbonyl (C=O) groups is 1. The van der Waals surface area contributed by atoms with Crippen LogP contribution in [-0.4, -0.2) is 31.4 Å². The van der Waals surface area contributed by atoms with Crippen LogP contribution in [-0.2, 0) is 4.79 Å². The molecule has 0 saturated carbocycles. The van der Waals surface area contributed by atoms with Gasteiger partial charge in [0.1, 0.15) is 5.82 Å². The summed E-state index contributed by atoms with van der Waals surface area (Å²) >= 11 is 0. The molecule has 0 fully saturated rings. The number of nitrogens with zero attached hydrogens (tertiary/aromatic N) is 1. The molecule has 0 aromatic heterocycles. The molecule has 5 heteroatoms. The second-order valence-corrected chi connectivity index (χ2v) is 3.76. The monoisotopic (exact) mass is 260 g/mol. The standard InChI is InChI=1S/C12H17FN2O.ClH/c1-9(15(3)12(16)8-14-2)10-4-6-11(13)7-5-10;/h4-7,9,14H,8H2,1-3H3;1H. The summed E-state index contributed by atoms with van der Waals surface area (Å²) in [5.41, 5.74) is 0.924. The van der Waals surface area contributed by atoms with Crippen molar-refractivity contribution in [2.75, 3.05) is 20.6 Å². The van der Waals surface area contributed by atoms with Gasteiger partial charge in [-0.3, -0.25) is 4.79 Å². The molecule has 17 heavy (non-hydrogen) atoms. The third-order valence-electron chi connectivity index (χ3n) is 2.65. The molecule has 0 radical (unpaired) electrons. The highest BCUT2D eigenvalue weighted by Gasteiger charge is 2.16. The Bertz CT molecular complexity index is 356. The van der Waals surface area contributed by atoms with Crippen molar-refractivity contribution in [1.82, 2.24) is 10.2 Å². The molecule has 96 valence electrons. The Balaban J connectivity index is 0.00000256. The van der Waals surface area contributed by atoms with Gasteiger partial charge in [0.15, 0.2) is 0 Å². The highest BCUT2D eigenvalue weighted by Crippen LogP contribution is 2.18. The number of benzene rings is 1. The van der Waals surface area contributed by atoms with Crippen LogP contribution < -0.4 is 5.32 Å². The first kappa shape index (κ1) is 15.9. The molecule has 0 spiro atoms. The largest absolute Gasteiger partial charge is 0.338 e. The van der Waals surface area contributed by atoms with Crippen molar-refractivity contribution in [3.63, 3.8) is 0 Å². The van der Waals surface area contributed by atoms with Gasteiger partial charge in [0.2, 0.25) is 5.91 Å². The van der Waals surface area contributed by atoms with Crippen molar-refractivity contribution in [2.24, 2.45) is 0 Å². The highest BCUT2D eigenvalue weighted by molar-refractivity contribution is 5.85. The summed E-state index contributed by atoms with van der Waals surface area (Å²) in [5, 5.41) is 2.81. The third kappa shape index (κ3) is 4.32. The van der Waals surface area contributed by atoms with Crippen molar-refractivity contribution in [3.05, 3.63) is 35.6 Å². The Morgan fingerprint density at radius 1 is 1.41 bits per heavy atom. The minimum atomic E-state index is -0.264. The summed E-state index contributed by atoms with van der Waals surface area (Å²) in [6.07, 6.45) is 0. The third-order valence-corrected chi connectivity index (χ3v) is 2.65. The van der Waals surface area contributed by atoms with E-state index in [0.717, 1.165) is 5.56 Å². The normalized spacial score (nSPS) is 11.5. The summed E-state index contributed by atoms with van der Waals surface area (Å²) in [6, 6.07) is 6.15. The van der Waals surface area contributed by atoms with Gasteiger partial charge in [-0.2, -0.15) is 0 Å². The van der Waals surface area contributed by atoms with Gasteiger partial charge in [-0.1, -0.05) is 12.1 Å². The fraction of sp³-hybridized carbons (Fsp3) is 0.417. The Hall–Kier alpha value is -1.13. The number of rotatable bonds is 4. The number of hydrogen-bond acceptors (Lipinski definition) is 2. The molecule has 1 unspecified atom stereocenters. The van der Waals surface area contributed by atoms with Crippen molar-refractivity contribution in [2.45, 2.75) is 13.0 Å². The topological polar surface area (TPSA) is 32.3 Å². The molecule has 0 aliphatic carbocycles. The molecule has 1 N–H and O–H groups in total. The molecule has 0 aliphatic heterocycles. The summed E-state index contributed by atoms with van der Waals surface area (Å²) in [6.45, 7) is 2.23. The highest BCUT2D eigenvalue weighted by atomic mass is 35.5. The van der Waals surface area contributed by atoms with E-state index in [0.29, 0.717) is 6.54 Å². The maximum Gasteiger partial charge on any atom is 0.236 e. The fourth-order valence-electron chi connectivity index (χ4n) is 1.46. The van der Waals surface area contributed by atoms with E-state index in [1.807, 2.05) is 6.92 Å². The average molecular weight is 261 g/mol. The van der Waals surface area contributed by atoms with Crippen LogP contribution in [0.15, 0.2) is 24.3 Å². The lowest BCUT2D eigenvalue weighted by Crippen LogP contribution is -2.35. The Morgan fingerprint density at radius 3 is 2.41 bits per heavy atom. The molecular formula is C12H18ClFN2O. The molecule has 3 nitrogen and oxygen atoms in total. The van der Waals surface area contributed by atoms with Gasteiger partial charge < -0.3 is 10.2 Å². The predicted octanol–water partition coefficient (Wildman–Crippen LogP) is 1.99. The number of halogens is 2. The number of likely N-dealkylation sites (N-methyl/N-ethyl adjacent to an activating group) is 2. The van der Waals surface area contributed by atoms with E-state index in [-0.39, 0.29) is 30.2 Å². The summed E-state index contributed by atoms with van der Waals surface area (Å²) in [5.74, 6) is -0.250. The lowest BCUT2D eigenvalue weighted by molar-refractivity contribution is -0.130. The summed E-state index contributed by atoms with van der Waals surface area (Å²) in [4.78, 5) is 13.3. The predicted molar refractivity (Wildman–Crippen MR) is 68.8 cm³/mol. The van der Waals surface area contributed by atoms with E-state index in [9.17, 15) is 9.18 Å². The number of amides is 1. The van der Waals surface area contributed by atoms with Crippen molar-refractivity contribution in [3.8, 4) is 0 Å². The summed E-state index contributed by atoms with van der Waals surface area (Å²) < 4.78 is 12.7. The maximum atomic E-state index is 12.7. The van der Waals surface area contributed by atoms with Crippen LogP contribution in [0.1, 0.15) is 18.5 Å². The lowest BCUT2D eigenvalue weighted by atomic mass is 10.1. The zero-order chi connectivity index (χ0) is 12.1. The number of nitrogens with one attached hydrogen (secondary N) is 1. The zero-order valence-corrected chi connectivity index (χ0v) is 11.1. The Labute approximate surface area is 107 Å². The van der Waals surface area contributed by atoms with Crippen LogP contribution in [0.3, 0.4) is 0 Å². The molecule has 0 saturated heterocycles. The van der Waals surface area contributed by atoms with Crippen molar-refractivity contribution in [1.29, 1.82) is 0 Å². The van der Waals surface area contributed by atoms with Crippen LogP contribution in [0.5, 0.6) is 0 Å². The van der Waals surface area contributed by atoms with Crippen molar-refractivity contribution >= 4 is 18.3 Å². The lowest BCUT2D eigenvalue weighted by Gasteiger charge is -2.25. The van der Waals surface area contributed by atoms with Gasteiger partial charge in [0.25, 0.3) is 0 Å². The van der Waals surface area contributed by atoms with E-state index in [2.05, 4.69) is 5.32 Å². The SMILES string of the molecule is CNCC(=O)N(C)C(C)c1ccc(F)cc1.Cl. The van der Waals surface area contributed by atoms with Crippen LogP contribution in [0.2, 0.25) is 0 Å².